The number of benzene rings is 1. The Morgan fingerprint density at radius 1 is 1.39 bits per heavy atom. The molecule has 2 N–H and O–H groups in total. The molecule has 1 aromatic heterocycles. The molecule has 1 amide bonds. The van der Waals surface area contributed by atoms with Crippen LogP contribution in [0.2, 0.25) is 0 Å². The fourth-order valence-corrected chi connectivity index (χ4v) is 2.08. The summed E-state index contributed by atoms with van der Waals surface area (Å²) < 4.78 is 22.4. The highest BCUT2D eigenvalue weighted by Crippen LogP contribution is 2.22. The smallest absolute Gasteiger partial charge is 0.311 e. The van der Waals surface area contributed by atoms with E-state index in [4.69, 9.17) is 14.3 Å². The number of carboxylic acids is 1. The molecular weight excluding hydrogens is 305 g/mol. The lowest BCUT2D eigenvalue weighted by atomic mass is 10.1. The van der Waals surface area contributed by atoms with E-state index in [9.17, 15) is 14.0 Å². The largest absolute Gasteiger partial charge is 0.491 e. The highest BCUT2D eigenvalue weighted by Gasteiger charge is 2.20. The summed E-state index contributed by atoms with van der Waals surface area (Å²) in [4.78, 5) is 23.2. The fraction of sp³-hybridized carbons (Fsp3) is 0.250. The molecule has 1 heterocycles. The number of hydrogen-bond donors (Lipinski definition) is 2. The Labute approximate surface area is 131 Å². The van der Waals surface area contributed by atoms with Gasteiger partial charge in [-0.2, -0.15) is 0 Å². The summed E-state index contributed by atoms with van der Waals surface area (Å²) in [6.07, 6.45) is 0.963. The summed E-state index contributed by atoms with van der Waals surface area (Å²) in [6.45, 7) is 0.981. The standard InChI is InChI=1S/C16H16FNO5/c1-10-9-23-13(8-14(19)20)15(10)16(21)18-11-3-2-4-12(7-11)22-6-5-17/h2-4,7,9H,5-6,8H2,1H3,(H,18,21)(H,19,20). The molecule has 0 radical (unpaired) electrons. The highest BCUT2D eigenvalue weighted by atomic mass is 19.1. The minimum atomic E-state index is -1.09. The van der Waals surface area contributed by atoms with Crippen LogP contribution in [0.25, 0.3) is 0 Å². The van der Waals surface area contributed by atoms with Crippen LogP contribution in [0.15, 0.2) is 34.9 Å². The summed E-state index contributed by atoms with van der Waals surface area (Å²) in [6, 6.07) is 6.50. The number of nitrogens with one attached hydrogen (secondary N) is 1. The number of furan rings is 1. The van der Waals surface area contributed by atoms with Crippen molar-refractivity contribution in [3.8, 4) is 5.75 Å². The molecule has 0 atom stereocenters. The molecular formula is C16H16FNO5. The third kappa shape index (κ3) is 4.32. The Morgan fingerprint density at radius 3 is 2.87 bits per heavy atom. The lowest BCUT2D eigenvalue weighted by molar-refractivity contribution is -0.136. The molecule has 0 saturated carbocycles. The van der Waals surface area contributed by atoms with Crippen molar-refractivity contribution in [3.05, 3.63) is 47.4 Å². The molecule has 1 aromatic carbocycles. The van der Waals surface area contributed by atoms with Crippen LogP contribution in [-0.2, 0) is 11.2 Å². The third-order valence-electron chi connectivity index (χ3n) is 3.03. The Bertz CT molecular complexity index is 710. The predicted octanol–water partition coefficient (Wildman–Crippen LogP) is 2.82. The van der Waals surface area contributed by atoms with Gasteiger partial charge in [0.05, 0.1) is 11.8 Å². The van der Waals surface area contributed by atoms with Gasteiger partial charge in [-0.3, -0.25) is 9.59 Å². The van der Waals surface area contributed by atoms with Gasteiger partial charge in [-0.15, -0.1) is 0 Å². The molecule has 23 heavy (non-hydrogen) atoms. The maximum absolute atomic E-state index is 12.4. The predicted molar refractivity (Wildman–Crippen MR) is 80.7 cm³/mol. The molecule has 2 rings (SSSR count). The van der Waals surface area contributed by atoms with Crippen molar-refractivity contribution in [2.75, 3.05) is 18.6 Å². The SMILES string of the molecule is Cc1coc(CC(=O)O)c1C(=O)Nc1cccc(OCCF)c1. The molecule has 0 bridgehead atoms. The summed E-state index contributed by atoms with van der Waals surface area (Å²) >= 11 is 0. The molecule has 0 spiro atoms. The first-order valence-electron chi connectivity index (χ1n) is 6.90. The van der Waals surface area contributed by atoms with E-state index in [1.807, 2.05) is 0 Å². The second kappa shape index (κ2) is 7.44. The number of carbonyl (C=O) groups is 2. The van der Waals surface area contributed by atoms with Gasteiger partial charge in [-0.05, 0) is 19.1 Å². The van der Waals surface area contributed by atoms with Gasteiger partial charge >= 0.3 is 5.97 Å². The zero-order chi connectivity index (χ0) is 16.8. The van der Waals surface area contributed by atoms with Crippen molar-refractivity contribution in [1.29, 1.82) is 0 Å². The lowest BCUT2D eigenvalue weighted by Gasteiger charge is -2.08. The van der Waals surface area contributed by atoms with Crippen LogP contribution >= 0.6 is 0 Å². The van der Waals surface area contributed by atoms with Crippen LogP contribution < -0.4 is 10.1 Å². The average molecular weight is 321 g/mol. The zero-order valence-electron chi connectivity index (χ0n) is 12.5. The molecule has 0 aliphatic rings. The van der Waals surface area contributed by atoms with E-state index >= 15 is 0 Å². The Balaban J connectivity index is 2.16. The number of aliphatic carboxylic acids is 1. The van der Waals surface area contributed by atoms with E-state index in [1.54, 1.807) is 31.2 Å². The van der Waals surface area contributed by atoms with Crippen molar-refractivity contribution < 1.29 is 28.2 Å². The van der Waals surface area contributed by atoms with E-state index in [-0.39, 0.29) is 24.4 Å². The van der Waals surface area contributed by atoms with Gasteiger partial charge in [0.1, 0.15) is 31.2 Å². The number of halogens is 1. The van der Waals surface area contributed by atoms with E-state index in [0.717, 1.165) is 0 Å². The highest BCUT2D eigenvalue weighted by molar-refractivity contribution is 6.06. The molecule has 0 aliphatic heterocycles. The summed E-state index contributed by atoms with van der Waals surface area (Å²) in [5.41, 5.74) is 1.19. The number of carboxylic acid groups (broad SMARTS) is 1. The molecule has 0 saturated heterocycles. The number of ether oxygens (including phenoxy) is 1. The lowest BCUT2D eigenvalue weighted by Crippen LogP contribution is -2.15. The van der Waals surface area contributed by atoms with Crippen molar-refractivity contribution >= 4 is 17.6 Å². The van der Waals surface area contributed by atoms with Gasteiger partial charge in [0, 0.05) is 17.3 Å². The van der Waals surface area contributed by atoms with E-state index in [1.165, 1.54) is 6.26 Å². The van der Waals surface area contributed by atoms with Gasteiger partial charge in [-0.1, -0.05) is 6.07 Å². The van der Waals surface area contributed by atoms with Crippen LogP contribution in [0.4, 0.5) is 10.1 Å². The minimum absolute atomic E-state index is 0.0685. The number of carbonyl (C=O) groups excluding carboxylic acids is 1. The van der Waals surface area contributed by atoms with E-state index < -0.39 is 18.6 Å². The van der Waals surface area contributed by atoms with Crippen LogP contribution in [0.1, 0.15) is 21.7 Å². The summed E-state index contributed by atoms with van der Waals surface area (Å²) in [7, 11) is 0. The number of amides is 1. The second-order valence-corrected chi connectivity index (χ2v) is 4.81. The topological polar surface area (TPSA) is 88.8 Å². The van der Waals surface area contributed by atoms with Crippen LogP contribution in [0, 0.1) is 6.92 Å². The monoisotopic (exact) mass is 321 g/mol. The Morgan fingerprint density at radius 2 is 2.17 bits per heavy atom. The van der Waals surface area contributed by atoms with Gasteiger partial charge in [0.15, 0.2) is 0 Å². The third-order valence-corrected chi connectivity index (χ3v) is 3.03. The molecule has 122 valence electrons. The van der Waals surface area contributed by atoms with Crippen molar-refractivity contribution in [2.45, 2.75) is 13.3 Å². The first-order chi connectivity index (χ1) is 11.0. The first kappa shape index (κ1) is 16.5. The number of rotatable bonds is 7. The molecule has 7 heteroatoms. The second-order valence-electron chi connectivity index (χ2n) is 4.81. The maximum Gasteiger partial charge on any atom is 0.311 e. The van der Waals surface area contributed by atoms with Crippen molar-refractivity contribution in [3.63, 3.8) is 0 Å². The number of hydrogen-bond acceptors (Lipinski definition) is 4. The van der Waals surface area contributed by atoms with Crippen LogP contribution in [-0.4, -0.2) is 30.3 Å². The van der Waals surface area contributed by atoms with Gasteiger partial charge in [0.25, 0.3) is 5.91 Å². The van der Waals surface area contributed by atoms with Gasteiger partial charge in [-0.25, -0.2) is 4.39 Å². The summed E-state index contributed by atoms with van der Waals surface area (Å²) in [5, 5.41) is 11.5. The summed E-state index contributed by atoms with van der Waals surface area (Å²) in [5.74, 6) is -1.04. The zero-order valence-corrected chi connectivity index (χ0v) is 12.5. The maximum atomic E-state index is 12.4. The van der Waals surface area contributed by atoms with Gasteiger partial charge in [0.2, 0.25) is 0 Å². The Kier molecular flexibility index (Phi) is 5.35. The number of anilines is 1. The molecule has 6 nitrogen and oxygen atoms in total. The van der Waals surface area contributed by atoms with E-state index in [0.29, 0.717) is 17.0 Å². The van der Waals surface area contributed by atoms with Gasteiger partial charge < -0.3 is 19.6 Å². The molecule has 2 aromatic rings. The molecule has 0 unspecified atom stereocenters. The van der Waals surface area contributed by atoms with E-state index in [2.05, 4.69) is 5.32 Å². The van der Waals surface area contributed by atoms with Crippen LogP contribution in [0.3, 0.4) is 0 Å². The minimum Gasteiger partial charge on any atom is -0.491 e. The van der Waals surface area contributed by atoms with Crippen molar-refractivity contribution in [2.24, 2.45) is 0 Å². The molecule has 0 fully saturated rings. The Hall–Kier alpha value is -2.83. The fourth-order valence-electron chi connectivity index (χ4n) is 2.08. The van der Waals surface area contributed by atoms with Crippen LogP contribution in [0.5, 0.6) is 5.75 Å². The van der Waals surface area contributed by atoms with Crippen molar-refractivity contribution in [1.82, 2.24) is 0 Å². The normalized spacial score (nSPS) is 10.3. The number of alkyl halides is 1. The average Bonchev–Trinajstić information content (AvgIpc) is 2.85. The molecule has 0 aliphatic carbocycles. The number of aryl methyl sites for hydroxylation is 1. The quantitative estimate of drug-likeness (QED) is 0.818. The first-order valence-corrected chi connectivity index (χ1v) is 6.90.